The monoisotopic (exact) mass is 306 g/mol. The smallest absolute Gasteiger partial charge is 0.180 e. The number of carbonyl (C=O) groups is 1. The Hall–Kier alpha value is -2.01. The van der Waals surface area contributed by atoms with Crippen molar-refractivity contribution in [2.45, 2.75) is 4.90 Å². The van der Waals surface area contributed by atoms with Crippen molar-refractivity contribution in [3.05, 3.63) is 53.8 Å². The molecule has 2 rings (SSSR count). The van der Waals surface area contributed by atoms with Gasteiger partial charge in [-0.25, -0.2) is 4.39 Å². The van der Waals surface area contributed by atoms with Crippen LogP contribution in [0.3, 0.4) is 0 Å². The largest absolute Gasteiger partial charge is 0.496 e. The van der Waals surface area contributed by atoms with Gasteiger partial charge in [-0.05, 0) is 36.4 Å². The van der Waals surface area contributed by atoms with Crippen molar-refractivity contribution in [1.82, 2.24) is 0 Å². The maximum Gasteiger partial charge on any atom is 0.180 e. The predicted molar refractivity (Wildman–Crippen MR) is 81.0 cm³/mol. The van der Waals surface area contributed by atoms with Crippen molar-refractivity contribution in [1.29, 1.82) is 0 Å². The van der Waals surface area contributed by atoms with Gasteiger partial charge in [0.25, 0.3) is 0 Å². The van der Waals surface area contributed by atoms with Crippen molar-refractivity contribution in [2.24, 2.45) is 0 Å². The second kappa shape index (κ2) is 7.13. The van der Waals surface area contributed by atoms with Crippen molar-refractivity contribution in [2.75, 3.05) is 20.0 Å². The van der Waals surface area contributed by atoms with Gasteiger partial charge in [-0.15, -0.1) is 11.8 Å². The summed E-state index contributed by atoms with van der Waals surface area (Å²) in [4.78, 5) is 13.2. The van der Waals surface area contributed by atoms with Crippen LogP contribution in [0.4, 0.5) is 4.39 Å². The first-order chi connectivity index (χ1) is 10.2. The van der Waals surface area contributed by atoms with Gasteiger partial charge in [0, 0.05) is 4.90 Å². The number of ketones is 1. The Balaban J connectivity index is 2.15. The molecular weight excluding hydrogens is 291 g/mol. The van der Waals surface area contributed by atoms with Crippen LogP contribution in [0.15, 0.2) is 47.4 Å². The molecule has 0 unspecified atom stereocenters. The van der Waals surface area contributed by atoms with Gasteiger partial charge in [-0.2, -0.15) is 0 Å². The quantitative estimate of drug-likeness (QED) is 0.600. The maximum atomic E-state index is 12.8. The summed E-state index contributed by atoms with van der Waals surface area (Å²) in [5.74, 6) is 0.802. The molecule has 0 N–H and O–H groups in total. The molecule has 0 radical (unpaired) electrons. The van der Waals surface area contributed by atoms with Crippen LogP contribution in [-0.2, 0) is 0 Å². The SMILES string of the molecule is COc1cccc(OC)c1C(=O)CSc1ccc(F)cc1. The molecule has 0 saturated heterocycles. The number of carbonyl (C=O) groups excluding carboxylic acids is 1. The summed E-state index contributed by atoms with van der Waals surface area (Å²) in [6.07, 6.45) is 0. The molecule has 0 heterocycles. The summed E-state index contributed by atoms with van der Waals surface area (Å²) in [5.41, 5.74) is 0.428. The lowest BCUT2D eigenvalue weighted by molar-refractivity contribution is 0.101. The molecule has 0 aliphatic carbocycles. The van der Waals surface area contributed by atoms with Crippen LogP contribution in [0.5, 0.6) is 11.5 Å². The number of benzene rings is 2. The fourth-order valence-electron chi connectivity index (χ4n) is 1.88. The van der Waals surface area contributed by atoms with E-state index in [-0.39, 0.29) is 17.4 Å². The highest BCUT2D eigenvalue weighted by atomic mass is 32.2. The van der Waals surface area contributed by atoms with Crippen molar-refractivity contribution in [3.8, 4) is 11.5 Å². The molecule has 0 amide bonds. The maximum absolute atomic E-state index is 12.8. The zero-order valence-corrected chi connectivity index (χ0v) is 12.6. The van der Waals surface area contributed by atoms with E-state index in [4.69, 9.17) is 9.47 Å². The molecule has 0 bridgehead atoms. The summed E-state index contributed by atoms with van der Waals surface area (Å²) in [6.45, 7) is 0. The van der Waals surface area contributed by atoms with Crippen molar-refractivity contribution in [3.63, 3.8) is 0 Å². The fourth-order valence-corrected chi connectivity index (χ4v) is 2.65. The first-order valence-electron chi connectivity index (χ1n) is 6.28. The Morgan fingerprint density at radius 1 is 1.05 bits per heavy atom. The topological polar surface area (TPSA) is 35.5 Å². The van der Waals surface area contributed by atoms with E-state index in [0.717, 1.165) is 4.90 Å². The van der Waals surface area contributed by atoms with Gasteiger partial charge in [0.2, 0.25) is 0 Å². The third kappa shape index (κ3) is 3.76. The van der Waals surface area contributed by atoms with Gasteiger partial charge in [-0.1, -0.05) is 6.07 Å². The van der Waals surface area contributed by atoms with Crippen LogP contribution in [0, 0.1) is 5.82 Å². The third-order valence-electron chi connectivity index (χ3n) is 2.89. The van der Waals surface area contributed by atoms with Gasteiger partial charge in [0.1, 0.15) is 22.9 Å². The molecular formula is C16H15FO3S. The van der Waals surface area contributed by atoms with Gasteiger partial charge in [0.15, 0.2) is 5.78 Å². The van der Waals surface area contributed by atoms with Crippen LogP contribution in [-0.4, -0.2) is 25.8 Å². The third-order valence-corrected chi connectivity index (χ3v) is 3.90. The van der Waals surface area contributed by atoms with Crippen molar-refractivity contribution < 1.29 is 18.7 Å². The summed E-state index contributed by atoms with van der Waals surface area (Å²) < 4.78 is 23.3. The summed E-state index contributed by atoms with van der Waals surface area (Å²) in [5, 5.41) is 0. The number of methoxy groups -OCH3 is 2. The highest BCUT2D eigenvalue weighted by molar-refractivity contribution is 8.00. The zero-order valence-electron chi connectivity index (χ0n) is 11.8. The fraction of sp³-hybridized carbons (Fsp3) is 0.188. The van der Waals surface area contributed by atoms with Gasteiger partial charge < -0.3 is 9.47 Å². The Morgan fingerprint density at radius 3 is 2.14 bits per heavy atom. The van der Waals surface area contributed by atoms with E-state index >= 15 is 0 Å². The lowest BCUT2D eigenvalue weighted by Crippen LogP contribution is -2.07. The number of rotatable bonds is 6. The zero-order chi connectivity index (χ0) is 15.2. The lowest BCUT2D eigenvalue weighted by atomic mass is 10.1. The van der Waals surface area contributed by atoms with E-state index in [1.54, 1.807) is 30.3 Å². The number of halogens is 1. The van der Waals surface area contributed by atoms with Crippen LogP contribution in [0.1, 0.15) is 10.4 Å². The van der Waals surface area contributed by atoms with E-state index in [9.17, 15) is 9.18 Å². The summed E-state index contributed by atoms with van der Waals surface area (Å²) >= 11 is 1.34. The van der Waals surface area contributed by atoms with E-state index in [1.165, 1.54) is 38.1 Å². The molecule has 110 valence electrons. The Morgan fingerprint density at radius 2 is 1.62 bits per heavy atom. The molecule has 0 atom stereocenters. The number of Topliss-reactive ketones (excluding diaryl/α,β-unsaturated/α-hetero) is 1. The highest BCUT2D eigenvalue weighted by Gasteiger charge is 2.18. The van der Waals surface area contributed by atoms with Crippen LogP contribution >= 0.6 is 11.8 Å². The molecule has 2 aromatic carbocycles. The highest BCUT2D eigenvalue weighted by Crippen LogP contribution is 2.30. The first-order valence-corrected chi connectivity index (χ1v) is 7.27. The molecule has 0 saturated carbocycles. The lowest BCUT2D eigenvalue weighted by Gasteiger charge is -2.11. The van der Waals surface area contributed by atoms with E-state index in [1.807, 2.05) is 0 Å². The van der Waals surface area contributed by atoms with E-state index in [0.29, 0.717) is 17.1 Å². The van der Waals surface area contributed by atoms with E-state index in [2.05, 4.69) is 0 Å². The Kier molecular flexibility index (Phi) is 5.22. The van der Waals surface area contributed by atoms with Crippen LogP contribution in [0.2, 0.25) is 0 Å². The molecule has 21 heavy (non-hydrogen) atoms. The minimum absolute atomic E-state index is 0.0985. The average Bonchev–Trinajstić information content (AvgIpc) is 2.53. The minimum atomic E-state index is -0.294. The van der Waals surface area contributed by atoms with Crippen LogP contribution in [0.25, 0.3) is 0 Å². The second-order valence-corrected chi connectivity index (χ2v) is 5.25. The van der Waals surface area contributed by atoms with Crippen LogP contribution < -0.4 is 9.47 Å². The number of thioether (sulfide) groups is 1. The molecule has 2 aromatic rings. The second-order valence-electron chi connectivity index (χ2n) is 4.20. The molecule has 3 nitrogen and oxygen atoms in total. The number of ether oxygens (including phenoxy) is 2. The summed E-state index contributed by atoms with van der Waals surface area (Å²) in [7, 11) is 3.03. The minimum Gasteiger partial charge on any atom is -0.496 e. The molecule has 0 aliphatic heterocycles. The molecule has 0 fully saturated rings. The van der Waals surface area contributed by atoms with Gasteiger partial charge >= 0.3 is 0 Å². The average molecular weight is 306 g/mol. The summed E-state index contributed by atoms with van der Waals surface area (Å²) in [6, 6.07) is 11.2. The Labute approximate surface area is 127 Å². The van der Waals surface area contributed by atoms with Crippen molar-refractivity contribution >= 4 is 17.5 Å². The normalized spacial score (nSPS) is 10.2. The van der Waals surface area contributed by atoms with E-state index < -0.39 is 0 Å². The van der Waals surface area contributed by atoms with Gasteiger partial charge in [-0.3, -0.25) is 4.79 Å². The number of hydrogen-bond donors (Lipinski definition) is 0. The Bertz CT molecular complexity index is 604. The molecule has 5 heteroatoms. The number of hydrogen-bond acceptors (Lipinski definition) is 4. The molecule has 0 aromatic heterocycles. The van der Waals surface area contributed by atoms with Gasteiger partial charge in [0.05, 0.1) is 20.0 Å². The first kappa shape index (κ1) is 15.4. The standard InChI is InChI=1S/C16H15FO3S/c1-19-14-4-3-5-15(20-2)16(14)13(18)10-21-12-8-6-11(17)7-9-12/h3-9H,10H2,1-2H3. The predicted octanol–water partition coefficient (Wildman–Crippen LogP) is 3.82. The molecule has 0 aliphatic rings. The molecule has 0 spiro atoms.